The van der Waals surface area contributed by atoms with Gasteiger partial charge in [-0.25, -0.2) is 4.39 Å². The van der Waals surface area contributed by atoms with E-state index in [0.29, 0.717) is 5.56 Å². The Kier molecular flexibility index (Phi) is 6.20. The second kappa shape index (κ2) is 7.70. The Hall–Kier alpha value is -1.38. The summed E-state index contributed by atoms with van der Waals surface area (Å²) in [5.41, 5.74) is -1.32. The van der Waals surface area contributed by atoms with Crippen molar-refractivity contribution in [1.82, 2.24) is 0 Å². The van der Waals surface area contributed by atoms with Crippen LogP contribution < -0.4 is 0 Å². The Labute approximate surface area is 151 Å². The van der Waals surface area contributed by atoms with Gasteiger partial charge in [0.05, 0.1) is 17.8 Å². The fourth-order valence-corrected chi connectivity index (χ4v) is 2.49. The third kappa shape index (κ3) is 5.08. The maximum absolute atomic E-state index is 15.2. The van der Waals surface area contributed by atoms with Gasteiger partial charge >= 0.3 is 13.3 Å². The molecule has 0 bridgehead atoms. The summed E-state index contributed by atoms with van der Waals surface area (Å²) in [6.45, 7) is 5.57. The van der Waals surface area contributed by atoms with Crippen LogP contribution >= 0.6 is 0 Å². The average Bonchev–Trinajstić information content (AvgIpc) is 2.75. The van der Waals surface area contributed by atoms with Gasteiger partial charge in [0.2, 0.25) is 0 Å². The van der Waals surface area contributed by atoms with Crippen LogP contribution in [0.4, 0.5) is 17.6 Å². The smallest absolute Gasteiger partial charge is 0.398 e. The van der Waals surface area contributed by atoms with Crippen LogP contribution in [0.5, 0.6) is 0 Å². The average molecular weight is 374 g/mol. The van der Waals surface area contributed by atoms with Crippen LogP contribution in [0, 0.1) is 0 Å². The number of rotatable bonds is 6. The van der Waals surface area contributed by atoms with Crippen molar-refractivity contribution >= 4 is 12.7 Å². The highest BCUT2D eigenvalue weighted by Gasteiger charge is 2.53. The van der Waals surface area contributed by atoms with Crippen molar-refractivity contribution in [3.63, 3.8) is 0 Å². The summed E-state index contributed by atoms with van der Waals surface area (Å²) >= 11 is 0. The Morgan fingerprint density at radius 2 is 1.58 bits per heavy atom. The molecule has 2 rings (SSSR count). The van der Waals surface area contributed by atoms with E-state index in [-0.39, 0.29) is 18.6 Å². The number of hydrogen-bond donors (Lipinski definition) is 0. The quantitative estimate of drug-likeness (QED) is 0.400. The first kappa shape index (κ1) is 20.9. The maximum Gasteiger partial charge on any atom is 0.525 e. The molecule has 1 aromatic carbocycles. The van der Waals surface area contributed by atoms with Crippen LogP contribution in [-0.4, -0.2) is 37.7 Å². The Bertz CT molecular complexity index is 626. The van der Waals surface area contributed by atoms with Crippen molar-refractivity contribution in [3.8, 4) is 0 Å². The van der Waals surface area contributed by atoms with Gasteiger partial charge in [-0.15, -0.1) is 0 Å². The Balaban J connectivity index is 2.21. The molecule has 0 spiro atoms. The second-order valence-electron chi connectivity index (χ2n) is 7.20. The van der Waals surface area contributed by atoms with Crippen LogP contribution in [0.25, 0.3) is 5.57 Å². The third-order valence-corrected chi connectivity index (χ3v) is 4.63. The van der Waals surface area contributed by atoms with Crippen LogP contribution in [0.3, 0.4) is 0 Å². The highest BCUT2D eigenvalue weighted by Crippen LogP contribution is 2.40. The lowest BCUT2D eigenvalue weighted by Crippen LogP contribution is -2.41. The van der Waals surface area contributed by atoms with Crippen LogP contribution in [0.2, 0.25) is 0 Å². The zero-order valence-electron chi connectivity index (χ0n) is 15.3. The molecule has 8 heteroatoms. The first-order valence-electron chi connectivity index (χ1n) is 8.37. The minimum absolute atomic E-state index is 0.0317. The number of benzene rings is 1. The summed E-state index contributed by atoms with van der Waals surface area (Å²) in [5, 5.41) is 0. The summed E-state index contributed by atoms with van der Waals surface area (Å²) in [6.07, 6.45) is -4.45. The molecule has 1 aliphatic heterocycles. The normalized spacial score (nSPS) is 20.2. The molecule has 26 heavy (non-hydrogen) atoms. The van der Waals surface area contributed by atoms with Crippen LogP contribution in [0.1, 0.15) is 39.7 Å². The van der Waals surface area contributed by atoms with Gasteiger partial charge in [0.25, 0.3) is 0 Å². The van der Waals surface area contributed by atoms with E-state index in [4.69, 9.17) is 9.31 Å². The van der Waals surface area contributed by atoms with E-state index < -0.39 is 36.8 Å². The van der Waals surface area contributed by atoms with E-state index in [2.05, 4.69) is 4.74 Å². The molecule has 1 aromatic rings. The molecule has 0 amide bonds. The van der Waals surface area contributed by atoms with Crippen molar-refractivity contribution in [1.29, 1.82) is 0 Å². The molecule has 0 aromatic heterocycles. The maximum atomic E-state index is 15.2. The monoisotopic (exact) mass is 374 g/mol. The Morgan fingerprint density at radius 3 is 2.08 bits per heavy atom. The summed E-state index contributed by atoms with van der Waals surface area (Å²) in [6, 6.07) is 8.59. The topological polar surface area (TPSA) is 27.7 Å². The molecule has 1 fully saturated rings. The van der Waals surface area contributed by atoms with Gasteiger partial charge in [0.1, 0.15) is 12.3 Å². The van der Waals surface area contributed by atoms with E-state index in [1.54, 1.807) is 58.0 Å². The fourth-order valence-electron chi connectivity index (χ4n) is 2.49. The minimum Gasteiger partial charge on any atom is -0.398 e. The lowest BCUT2D eigenvalue weighted by Gasteiger charge is -2.32. The molecular formula is C18H23BF4O3. The van der Waals surface area contributed by atoms with Crippen molar-refractivity contribution < 1.29 is 31.6 Å². The summed E-state index contributed by atoms with van der Waals surface area (Å²) in [7, 11) is -1.21. The summed E-state index contributed by atoms with van der Waals surface area (Å²) in [4.78, 5) is 0. The van der Waals surface area contributed by atoms with Crippen molar-refractivity contribution in [2.45, 2.75) is 51.5 Å². The largest absolute Gasteiger partial charge is 0.525 e. The van der Waals surface area contributed by atoms with Gasteiger partial charge in [-0.3, -0.25) is 0 Å². The number of hydrogen-bond acceptors (Lipinski definition) is 3. The number of alkyl halides is 3. The standard InChI is InChI=1S/C18H23BF4O3/c1-16(2)17(3,4)26-19(25-16)15(20)14(13-8-6-5-7-9-13)10-11-24-12-18(21,22)23/h5-9H,10-12H2,1-4H3. The first-order chi connectivity index (χ1) is 11.9. The third-order valence-electron chi connectivity index (χ3n) is 4.63. The number of ether oxygens (including phenoxy) is 1. The predicted octanol–water partition coefficient (Wildman–Crippen LogP) is 4.97. The lowest BCUT2D eigenvalue weighted by atomic mass is 9.82. The molecule has 0 radical (unpaired) electrons. The molecule has 1 heterocycles. The van der Waals surface area contributed by atoms with Crippen molar-refractivity contribution in [2.24, 2.45) is 0 Å². The molecule has 0 unspecified atom stereocenters. The SMILES string of the molecule is CC1(C)OB(C(F)=C(CCOCC(F)(F)F)c2ccccc2)OC1(C)C. The number of halogens is 4. The van der Waals surface area contributed by atoms with E-state index in [9.17, 15) is 13.2 Å². The van der Waals surface area contributed by atoms with Crippen molar-refractivity contribution in [3.05, 3.63) is 41.6 Å². The zero-order chi connectivity index (χ0) is 19.6. The van der Waals surface area contributed by atoms with Gasteiger partial charge in [-0.2, -0.15) is 13.2 Å². The highest BCUT2D eigenvalue weighted by molar-refractivity contribution is 6.55. The molecule has 0 saturated carbocycles. The second-order valence-corrected chi connectivity index (χ2v) is 7.20. The molecule has 3 nitrogen and oxygen atoms in total. The van der Waals surface area contributed by atoms with Gasteiger partial charge in [-0.05, 0) is 45.3 Å². The van der Waals surface area contributed by atoms with E-state index in [1.165, 1.54) is 0 Å². The highest BCUT2D eigenvalue weighted by atomic mass is 19.4. The van der Waals surface area contributed by atoms with Gasteiger partial charge in [0, 0.05) is 0 Å². The summed E-state index contributed by atoms with van der Waals surface area (Å²) in [5.74, 6) is 0. The molecule has 1 saturated heterocycles. The predicted molar refractivity (Wildman–Crippen MR) is 92.0 cm³/mol. The molecule has 0 N–H and O–H groups in total. The Morgan fingerprint density at radius 1 is 1.04 bits per heavy atom. The van der Waals surface area contributed by atoms with E-state index in [0.717, 1.165) is 0 Å². The lowest BCUT2D eigenvalue weighted by molar-refractivity contribution is -0.173. The fraction of sp³-hybridized carbons (Fsp3) is 0.556. The van der Waals surface area contributed by atoms with E-state index in [1.807, 2.05) is 0 Å². The molecule has 0 aliphatic carbocycles. The van der Waals surface area contributed by atoms with Gasteiger partial charge in [0.15, 0.2) is 0 Å². The van der Waals surface area contributed by atoms with Crippen molar-refractivity contribution in [2.75, 3.05) is 13.2 Å². The molecule has 0 atom stereocenters. The van der Waals surface area contributed by atoms with Crippen LogP contribution in [0.15, 0.2) is 36.1 Å². The molecule has 1 aliphatic rings. The minimum atomic E-state index is -4.42. The molecule has 144 valence electrons. The first-order valence-corrected chi connectivity index (χ1v) is 8.37. The zero-order valence-corrected chi connectivity index (χ0v) is 15.3. The van der Waals surface area contributed by atoms with Crippen LogP contribution in [-0.2, 0) is 14.0 Å². The van der Waals surface area contributed by atoms with Gasteiger partial charge in [-0.1, -0.05) is 30.3 Å². The summed E-state index contributed by atoms with van der Waals surface area (Å²) < 4.78 is 67.9. The van der Waals surface area contributed by atoms with Gasteiger partial charge < -0.3 is 14.0 Å². The molecular weight excluding hydrogens is 351 g/mol. The van der Waals surface area contributed by atoms with E-state index >= 15 is 4.39 Å².